The number of aromatic nitrogens is 2. The maximum Gasteiger partial charge on any atom is 0.233 e. The number of hydrogen-bond donors (Lipinski definition) is 0. The summed E-state index contributed by atoms with van der Waals surface area (Å²) in [4.78, 5) is 25.4. The first-order chi connectivity index (χ1) is 15.0. The van der Waals surface area contributed by atoms with Gasteiger partial charge in [0, 0.05) is 37.4 Å². The Morgan fingerprint density at radius 1 is 1.00 bits per heavy atom. The van der Waals surface area contributed by atoms with Gasteiger partial charge in [0.05, 0.1) is 11.4 Å². The molecular formula is C23H22F2N4OS. The molecule has 1 saturated heterocycles. The van der Waals surface area contributed by atoms with Gasteiger partial charge in [0.25, 0.3) is 0 Å². The third kappa shape index (κ3) is 5.19. The van der Waals surface area contributed by atoms with Crippen molar-refractivity contribution >= 4 is 23.4 Å². The SMILES string of the molecule is Cc1cc(SCC(=O)N2CCN(c3ccccc3F)CC2)nc(-c2ccc(F)cc2)n1. The molecule has 8 heteroatoms. The minimum absolute atomic E-state index is 0.0257. The fourth-order valence-corrected chi connectivity index (χ4v) is 4.33. The summed E-state index contributed by atoms with van der Waals surface area (Å²) >= 11 is 1.36. The number of aryl methyl sites for hydroxylation is 1. The number of carbonyl (C=O) groups excluding carboxylic acids is 1. The maximum atomic E-state index is 14.0. The van der Waals surface area contributed by atoms with E-state index in [4.69, 9.17) is 0 Å². The molecule has 1 amide bonds. The number of thioether (sulfide) groups is 1. The summed E-state index contributed by atoms with van der Waals surface area (Å²) in [6, 6.07) is 14.6. The highest BCUT2D eigenvalue weighted by Gasteiger charge is 2.23. The molecule has 160 valence electrons. The van der Waals surface area contributed by atoms with Crippen molar-refractivity contribution in [2.75, 3.05) is 36.8 Å². The van der Waals surface area contributed by atoms with E-state index in [9.17, 15) is 13.6 Å². The second-order valence-corrected chi connectivity index (χ2v) is 8.28. The van der Waals surface area contributed by atoms with E-state index in [0.29, 0.717) is 42.7 Å². The van der Waals surface area contributed by atoms with Crippen molar-refractivity contribution in [3.63, 3.8) is 0 Å². The summed E-state index contributed by atoms with van der Waals surface area (Å²) < 4.78 is 27.2. The quantitative estimate of drug-likeness (QED) is 0.440. The molecule has 0 N–H and O–H groups in total. The molecule has 4 rings (SSSR count). The molecule has 0 unspecified atom stereocenters. The monoisotopic (exact) mass is 440 g/mol. The van der Waals surface area contributed by atoms with Crippen molar-refractivity contribution in [3.05, 3.63) is 71.9 Å². The van der Waals surface area contributed by atoms with Crippen LogP contribution >= 0.6 is 11.8 Å². The summed E-state index contributed by atoms with van der Waals surface area (Å²) in [5.74, 6) is 0.241. The Bertz CT molecular complexity index is 1070. The summed E-state index contributed by atoms with van der Waals surface area (Å²) in [6.45, 7) is 4.16. The van der Waals surface area contributed by atoms with Gasteiger partial charge in [0.2, 0.25) is 5.91 Å². The molecule has 2 aromatic carbocycles. The maximum absolute atomic E-state index is 14.0. The first-order valence-electron chi connectivity index (χ1n) is 10.0. The zero-order valence-electron chi connectivity index (χ0n) is 17.1. The standard InChI is InChI=1S/C23H22F2N4OS/c1-16-14-21(27-23(26-16)17-6-8-18(24)9-7-17)31-15-22(30)29-12-10-28(11-13-29)20-5-3-2-4-19(20)25/h2-9,14H,10-13,15H2,1H3. The highest BCUT2D eigenvalue weighted by atomic mass is 32.2. The van der Waals surface area contributed by atoms with Crippen LogP contribution in [-0.4, -0.2) is 52.7 Å². The minimum atomic E-state index is -0.313. The Balaban J connectivity index is 1.35. The largest absolute Gasteiger partial charge is 0.366 e. The lowest BCUT2D eigenvalue weighted by Crippen LogP contribution is -2.49. The van der Waals surface area contributed by atoms with Gasteiger partial charge in [-0.05, 0) is 49.4 Å². The third-order valence-corrected chi connectivity index (χ3v) is 6.00. The average Bonchev–Trinajstić information content (AvgIpc) is 2.78. The van der Waals surface area contributed by atoms with Gasteiger partial charge in [-0.25, -0.2) is 18.7 Å². The Morgan fingerprint density at radius 2 is 1.71 bits per heavy atom. The van der Waals surface area contributed by atoms with Crippen LogP contribution < -0.4 is 4.90 Å². The molecular weight excluding hydrogens is 418 g/mol. The lowest BCUT2D eigenvalue weighted by molar-refractivity contribution is -0.128. The van der Waals surface area contributed by atoms with Crippen molar-refractivity contribution in [2.24, 2.45) is 0 Å². The number of anilines is 1. The average molecular weight is 441 g/mol. The molecule has 3 aromatic rings. The van der Waals surface area contributed by atoms with E-state index in [1.807, 2.05) is 24.0 Å². The predicted octanol–water partition coefficient (Wildman–Crippen LogP) is 4.17. The van der Waals surface area contributed by atoms with E-state index in [-0.39, 0.29) is 23.3 Å². The van der Waals surface area contributed by atoms with E-state index in [2.05, 4.69) is 9.97 Å². The van der Waals surface area contributed by atoms with Crippen LogP contribution in [0.25, 0.3) is 11.4 Å². The lowest BCUT2D eigenvalue weighted by atomic mass is 10.2. The summed E-state index contributed by atoms with van der Waals surface area (Å²) in [7, 11) is 0. The highest BCUT2D eigenvalue weighted by molar-refractivity contribution is 7.99. The van der Waals surface area contributed by atoms with Gasteiger partial charge in [0.15, 0.2) is 5.82 Å². The van der Waals surface area contributed by atoms with Crippen LogP contribution in [0.4, 0.5) is 14.5 Å². The first kappa shape index (κ1) is 21.2. The smallest absolute Gasteiger partial charge is 0.233 e. The van der Waals surface area contributed by atoms with E-state index in [1.54, 1.807) is 29.2 Å². The normalized spacial score (nSPS) is 14.0. The molecule has 0 aliphatic carbocycles. The zero-order valence-corrected chi connectivity index (χ0v) is 17.9. The van der Waals surface area contributed by atoms with Crippen LogP contribution in [0.5, 0.6) is 0 Å². The molecule has 1 aliphatic rings. The molecule has 31 heavy (non-hydrogen) atoms. The number of halogens is 2. The first-order valence-corrected chi connectivity index (χ1v) is 11.0. The number of carbonyl (C=O) groups is 1. The van der Waals surface area contributed by atoms with Crippen LogP contribution in [0, 0.1) is 18.6 Å². The second-order valence-electron chi connectivity index (χ2n) is 7.29. The summed E-state index contributed by atoms with van der Waals surface area (Å²) in [5.41, 5.74) is 2.08. The Morgan fingerprint density at radius 3 is 2.42 bits per heavy atom. The highest BCUT2D eigenvalue weighted by Crippen LogP contribution is 2.23. The Kier molecular flexibility index (Phi) is 6.46. The Labute approximate surface area is 184 Å². The summed E-state index contributed by atoms with van der Waals surface area (Å²) in [5, 5.41) is 0.699. The number of amides is 1. The molecule has 1 aliphatic heterocycles. The topological polar surface area (TPSA) is 49.3 Å². The summed E-state index contributed by atoms with van der Waals surface area (Å²) in [6.07, 6.45) is 0. The number of benzene rings is 2. The van der Waals surface area contributed by atoms with Gasteiger partial charge < -0.3 is 9.80 Å². The van der Waals surface area contributed by atoms with Crippen molar-refractivity contribution in [1.29, 1.82) is 0 Å². The van der Waals surface area contributed by atoms with Crippen LogP contribution in [0.3, 0.4) is 0 Å². The fourth-order valence-electron chi connectivity index (χ4n) is 3.47. The van der Waals surface area contributed by atoms with Gasteiger partial charge in [0.1, 0.15) is 16.7 Å². The molecule has 0 bridgehead atoms. The van der Waals surface area contributed by atoms with Crippen LogP contribution in [0.1, 0.15) is 5.69 Å². The molecule has 1 fully saturated rings. The molecule has 1 aromatic heterocycles. The van der Waals surface area contributed by atoms with E-state index >= 15 is 0 Å². The van der Waals surface area contributed by atoms with Crippen molar-refractivity contribution < 1.29 is 13.6 Å². The minimum Gasteiger partial charge on any atom is -0.366 e. The number of nitrogens with zero attached hydrogens (tertiary/aromatic N) is 4. The van der Waals surface area contributed by atoms with Crippen LogP contribution in [0.15, 0.2) is 59.6 Å². The van der Waals surface area contributed by atoms with Crippen molar-refractivity contribution in [2.45, 2.75) is 11.9 Å². The molecule has 0 saturated carbocycles. The molecule has 0 spiro atoms. The fraction of sp³-hybridized carbons (Fsp3) is 0.261. The number of hydrogen-bond acceptors (Lipinski definition) is 5. The number of rotatable bonds is 5. The molecule has 2 heterocycles. The van der Waals surface area contributed by atoms with E-state index in [1.165, 1.54) is 30.0 Å². The van der Waals surface area contributed by atoms with Gasteiger partial charge in [-0.3, -0.25) is 4.79 Å². The van der Waals surface area contributed by atoms with Crippen molar-refractivity contribution in [1.82, 2.24) is 14.9 Å². The van der Waals surface area contributed by atoms with E-state index < -0.39 is 0 Å². The second kappa shape index (κ2) is 9.43. The predicted molar refractivity (Wildman–Crippen MR) is 118 cm³/mol. The molecule has 0 radical (unpaired) electrons. The van der Waals surface area contributed by atoms with Gasteiger partial charge in [-0.15, -0.1) is 0 Å². The molecule has 5 nitrogen and oxygen atoms in total. The number of para-hydroxylation sites is 1. The lowest BCUT2D eigenvalue weighted by Gasteiger charge is -2.36. The van der Waals surface area contributed by atoms with Gasteiger partial charge in [-0.2, -0.15) is 0 Å². The number of piperazine rings is 1. The zero-order chi connectivity index (χ0) is 21.8. The van der Waals surface area contributed by atoms with Gasteiger partial charge in [-0.1, -0.05) is 23.9 Å². The van der Waals surface area contributed by atoms with Gasteiger partial charge >= 0.3 is 0 Å². The molecule has 0 atom stereocenters. The van der Waals surface area contributed by atoms with Crippen LogP contribution in [0.2, 0.25) is 0 Å². The van der Waals surface area contributed by atoms with Crippen LogP contribution in [-0.2, 0) is 4.79 Å². The Hall–Kier alpha value is -3.00. The van der Waals surface area contributed by atoms with E-state index in [0.717, 1.165) is 11.3 Å². The third-order valence-electron chi connectivity index (χ3n) is 5.10. The van der Waals surface area contributed by atoms with Crippen molar-refractivity contribution in [3.8, 4) is 11.4 Å².